The lowest BCUT2D eigenvalue weighted by atomic mass is 10.0. The van der Waals surface area contributed by atoms with Gasteiger partial charge in [0.25, 0.3) is 0 Å². The van der Waals surface area contributed by atoms with Gasteiger partial charge in [-0.15, -0.1) is 0 Å². The van der Waals surface area contributed by atoms with Gasteiger partial charge < -0.3 is 5.32 Å². The number of aryl methyl sites for hydroxylation is 1. The Kier molecular flexibility index (Phi) is 2.33. The van der Waals surface area contributed by atoms with Gasteiger partial charge in [0, 0.05) is 24.9 Å². The summed E-state index contributed by atoms with van der Waals surface area (Å²) < 4.78 is 1.87. The highest BCUT2D eigenvalue weighted by Gasteiger charge is 2.18. The average molecular weight is 237 g/mol. The summed E-state index contributed by atoms with van der Waals surface area (Å²) in [4.78, 5) is 8.63. The van der Waals surface area contributed by atoms with Gasteiger partial charge in [-0.05, 0) is 25.5 Å². The Morgan fingerprint density at radius 3 is 3.19 bits per heavy atom. The van der Waals surface area contributed by atoms with Gasteiger partial charge in [-0.25, -0.2) is 9.97 Å². The molecule has 3 heterocycles. The molecule has 4 nitrogen and oxygen atoms in total. The van der Waals surface area contributed by atoms with E-state index in [1.165, 1.54) is 12.0 Å². The highest BCUT2D eigenvalue weighted by molar-refractivity contribution is 6.30. The third-order valence-electron chi connectivity index (χ3n) is 3.13. The molecule has 2 aromatic heterocycles. The maximum absolute atomic E-state index is 6.17. The molecule has 0 bridgehead atoms. The first-order chi connectivity index (χ1) is 7.75. The minimum absolute atomic E-state index is 0.552. The Balaban J connectivity index is 2.10. The fraction of sp³-hybridized carbons (Fsp3) is 0.455. The first kappa shape index (κ1) is 10.1. The second-order valence-electron chi connectivity index (χ2n) is 4.24. The molecule has 1 unspecified atom stereocenters. The van der Waals surface area contributed by atoms with E-state index >= 15 is 0 Å². The van der Waals surface area contributed by atoms with Crippen LogP contribution in [0, 0.1) is 6.92 Å². The van der Waals surface area contributed by atoms with Crippen LogP contribution in [0.25, 0.3) is 5.78 Å². The highest BCUT2D eigenvalue weighted by atomic mass is 35.5. The molecule has 0 radical (unpaired) electrons. The van der Waals surface area contributed by atoms with E-state index < -0.39 is 0 Å². The van der Waals surface area contributed by atoms with Gasteiger partial charge in [0.05, 0.1) is 5.69 Å². The molecule has 0 spiro atoms. The number of rotatable bonds is 1. The predicted molar refractivity (Wildman–Crippen MR) is 63.0 cm³/mol. The van der Waals surface area contributed by atoms with Crippen molar-refractivity contribution in [2.75, 3.05) is 13.1 Å². The largest absolute Gasteiger partial charge is 0.316 e. The van der Waals surface area contributed by atoms with Crippen LogP contribution in [0.5, 0.6) is 0 Å². The molecule has 3 rings (SSSR count). The molecule has 1 aliphatic rings. The van der Waals surface area contributed by atoms with Crippen LogP contribution in [0.2, 0.25) is 5.15 Å². The molecule has 0 amide bonds. The van der Waals surface area contributed by atoms with Crippen molar-refractivity contribution in [1.29, 1.82) is 0 Å². The van der Waals surface area contributed by atoms with E-state index in [-0.39, 0.29) is 0 Å². The number of hydrogen-bond donors (Lipinski definition) is 1. The van der Waals surface area contributed by atoms with E-state index in [1.807, 2.05) is 17.5 Å². The van der Waals surface area contributed by atoms with Crippen LogP contribution in [0.15, 0.2) is 12.4 Å². The molecule has 1 saturated heterocycles. The Morgan fingerprint density at radius 1 is 1.56 bits per heavy atom. The second-order valence-corrected chi connectivity index (χ2v) is 4.59. The molecule has 0 aliphatic carbocycles. The monoisotopic (exact) mass is 236 g/mol. The van der Waals surface area contributed by atoms with Crippen molar-refractivity contribution in [2.24, 2.45) is 0 Å². The first-order valence-electron chi connectivity index (χ1n) is 5.46. The van der Waals surface area contributed by atoms with Crippen LogP contribution < -0.4 is 5.32 Å². The van der Waals surface area contributed by atoms with Crippen LogP contribution in [-0.2, 0) is 0 Å². The van der Waals surface area contributed by atoms with E-state index in [4.69, 9.17) is 11.6 Å². The zero-order valence-electron chi connectivity index (χ0n) is 9.07. The number of aromatic nitrogens is 3. The van der Waals surface area contributed by atoms with Gasteiger partial charge in [-0.3, -0.25) is 4.40 Å². The molecule has 84 valence electrons. The van der Waals surface area contributed by atoms with E-state index in [2.05, 4.69) is 21.5 Å². The average Bonchev–Trinajstić information content (AvgIpc) is 2.89. The second kappa shape index (κ2) is 3.71. The maximum Gasteiger partial charge on any atom is 0.235 e. The molecule has 1 N–H and O–H groups in total. The smallest absolute Gasteiger partial charge is 0.235 e. The zero-order valence-corrected chi connectivity index (χ0v) is 9.83. The SMILES string of the molecule is Cc1nc2ncc(C3CCNC3)cn2c1Cl. The summed E-state index contributed by atoms with van der Waals surface area (Å²) in [7, 11) is 0. The van der Waals surface area contributed by atoms with Crippen LogP contribution in [0.4, 0.5) is 0 Å². The van der Waals surface area contributed by atoms with Crippen LogP contribution >= 0.6 is 11.6 Å². The summed E-state index contributed by atoms with van der Waals surface area (Å²) in [5.74, 6) is 1.23. The summed E-state index contributed by atoms with van der Waals surface area (Å²) in [6, 6.07) is 0. The quantitative estimate of drug-likeness (QED) is 0.821. The highest BCUT2D eigenvalue weighted by Crippen LogP contribution is 2.23. The van der Waals surface area contributed by atoms with Crippen molar-refractivity contribution >= 4 is 17.4 Å². The fourth-order valence-electron chi connectivity index (χ4n) is 2.18. The van der Waals surface area contributed by atoms with Crippen molar-refractivity contribution in [2.45, 2.75) is 19.3 Å². The van der Waals surface area contributed by atoms with Crippen molar-refractivity contribution < 1.29 is 0 Å². The van der Waals surface area contributed by atoms with Crippen molar-refractivity contribution in [3.8, 4) is 0 Å². The molecule has 0 saturated carbocycles. The lowest BCUT2D eigenvalue weighted by molar-refractivity contribution is 0.751. The Bertz CT molecular complexity index is 528. The Morgan fingerprint density at radius 2 is 2.44 bits per heavy atom. The van der Waals surface area contributed by atoms with Gasteiger partial charge in [-0.2, -0.15) is 0 Å². The lowest BCUT2D eigenvalue weighted by Gasteiger charge is -2.08. The van der Waals surface area contributed by atoms with E-state index in [0.717, 1.165) is 18.8 Å². The number of fused-ring (bicyclic) bond motifs is 1. The fourth-order valence-corrected chi connectivity index (χ4v) is 2.35. The molecular weight excluding hydrogens is 224 g/mol. The first-order valence-corrected chi connectivity index (χ1v) is 5.84. The van der Waals surface area contributed by atoms with Crippen LogP contribution in [0.3, 0.4) is 0 Å². The molecule has 1 atom stereocenters. The normalized spacial score (nSPS) is 20.8. The molecule has 0 aromatic carbocycles. The molecular formula is C11H13ClN4. The standard InChI is InChI=1S/C11H13ClN4/c1-7-10(12)16-6-9(5-14-11(16)15-7)8-2-3-13-4-8/h5-6,8,13H,2-4H2,1H3. The summed E-state index contributed by atoms with van der Waals surface area (Å²) in [5, 5.41) is 4.02. The summed E-state index contributed by atoms with van der Waals surface area (Å²) >= 11 is 6.17. The van der Waals surface area contributed by atoms with Crippen LogP contribution in [-0.4, -0.2) is 27.5 Å². The molecule has 2 aromatic rings. The van der Waals surface area contributed by atoms with Crippen LogP contribution in [0.1, 0.15) is 23.6 Å². The van der Waals surface area contributed by atoms with Gasteiger partial charge in [0.1, 0.15) is 5.15 Å². The zero-order chi connectivity index (χ0) is 11.1. The van der Waals surface area contributed by atoms with E-state index in [1.54, 1.807) is 0 Å². The van der Waals surface area contributed by atoms with Gasteiger partial charge in [-0.1, -0.05) is 11.6 Å². The number of nitrogens with zero attached hydrogens (tertiary/aromatic N) is 3. The molecule has 5 heteroatoms. The minimum atomic E-state index is 0.552. The summed E-state index contributed by atoms with van der Waals surface area (Å²) in [6.45, 7) is 4.01. The number of hydrogen-bond acceptors (Lipinski definition) is 3. The molecule has 1 aliphatic heterocycles. The maximum atomic E-state index is 6.17. The third kappa shape index (κ3) is 1.49. The van der Waals surface area contributed by atoms with Crippen molar-refractivity contribution in [3.63, 3.8) is 0 Å². The minimum Gasteiger partial charge on any atom is -0.316 e. The topological polar surface area (TPSA) is 42.2 Å². The Labute approximate surface area is 98.7 Å². The van der Waals surface area contributed by atoms with E-state index in [0.29, 0.717) is 16.8 Å². The summed E-state index contributed by atoms with van der Waals surface area (Å²) in [5.41, 5.74) is 2.06. The number of nitrogens with one attached hydrogen (secondary N) is 1. The van der Waals surface area contributed by atoms with E-state index in [9.17, 15) is 0 Å². The van der Waals surface area contributed by atoms with Gasteiger partial charge in [0.15, 0.2) is 0 Å². The van der Waals surface area contributed by atoms with Gasteiger partial charge >= 0.3 is 0 Å². The van der Waals surface area contributed by atoms with Gasteiger partial charge in [0.2, 0.25) is 5.78 Å². The molecule has 16 heavy (non-hydrogen) atoms. The number of halogens is 1. The summed E-state index contributed by atoms with van der Waals surface area (Å²) in [6.07, 6.45) is 5.14. The third-order valence-corrected chi connectivity index (χ3v) is 3.59. The lowest BCUT2D eigenvalue weighted by Crippen LogP contribution is -2.08. The number of imidazole rings is 1. The predicted octanol–water partition coefficient (Wildman–Crippen LogP) is 1.77. The van der Waals surface area contributed by atoms with Crippen molar-refractivity contribution in [1.82, 2.24) is 19.7 Å². The Hall–Kier alpha value is -1.13. The molecule has 1 fully saturated rings. The van der Waals surface area contributed by atoms with Crippen molar-refractivity contribution in [3.05, 3.63) is 28.8 Å².